The summed E-state index contributed by atoms with van der Waals surface area (Å²) in [4.78, 5) is 21.2. The fourth-order valence-corrected chi connectivity index (χ4v) is 3.75. The number of thiazole rings is 1. The van der Waals surface area contributed by atoms with Gasteiger partial charge in [0.05, 0.1) is 0 Å². The van der Waals surface area contributed by atoms with Crippen molar-refractivity contribution in [1.82, 2.24) is 14.8 Å². The molecule has 5 nitrogen and oxygen atoms in total. The summed E-state index contributed by atoms with van der Waals surface area (Å²) >= 11 is 1.47. The van der Waals surface area contributed by atoms with Gasteiger partial charge >= 0.3 is 0 Å². The van der Waals surface area contributed by atoms with E-state index in [1.54, 1.807) is 0 Å². The summed E-state index contributed by atoms with van der Waals surface area (Å²) in [7, 11) is 2.08. The van der Waals surface area contributed by atoms with E-state index in [0.29, 0.717) is 5.69 Å². The average Bonchev–Trinajstić information content (AvgIpc) is 3.11. The van der Waals surface area contributed by atoms with E-state index >= 15 is 0 Å². The van der Waals surface area contributed by atoms with Gasteiger partial charge in [-0.25, -0.2) is 4.98 Å². The Morgan fingerprint density at radius 1 is 1.08 bits per heavy atom. The van der Waals surface area contributed by atoms with Crippen molar-refractivity contribution in [2.45, 2.75) is 0 Å². The molecular formula is C19H20N4OS. The molecule has 1 aromatic heterocycles. The number of anilines is 2. The Morgan fingerprint density at radius 3 is 2.68 bits per heavy atom. The van der Waals surface area contributed by atoms with Crippen LogP contribution in [0, 0.1) is 0 Å². The molecule has 0 saturated carbocycles. The maximum absolute atomic E-state index is 12.6. The van der Waals surface area contributed by atoms with Gasteiger partial charge in [0.15, 0.2) is 5.13 Å². The van der Waals surface area contributed by atoms with Gasteiger partial charge in [-0.1, -0.05) is 36.4 Å². The Balaban J connectivity index is 1.52. The number of carbonyl (C=O) groups excluding carboxylic acids is 1. The number of hydrogen-bond acceptors (Lipinski definition) is 5. The number of likely N-dealkylation sites (N-methyl/N-ethyl adjacent to an activating group) is 1. The largest absolute Gasteiger partial charge is 0.335 e. The van der Waals surface area contributed by atoms with Crippen molar-refractivity contribution in [2.24, 2.45) is 0 Å². The van der Waals surface area contributed by atoms with Gasteiger partial charge in [0.25, 0.3) is 5.91 Å². The van der Waals surface area contributed by atoms with Gasteiger partial charge in [-0.05, 0) is 18.5 Å². The van der Waals surface area contributed by atoms with Crippen LogP contribution in [0.5, 0.6) is 0 Å². The zero-order valence-electron chi connectivity index (χ0n) is 14.1. The normalized spacial score (nSPS) is 15.5. The highest BCUT2D eigenvalue weighted by molar-refractivity contribution is 7.14. The van der Waals surface area contributed by atoms with Gasteiger partial charge in [0, 0.05) is 42.6 Å². The number of rotatable bonds is 3. The van der Waals surface area contributed by atoms with Crippen LogP contribution in [-0.4, -0.2) is 53.9 Å². The first-order valence-electron chi connectivity index (χ1n) is 8.39. The monoisotopic (exact) mass is 352 g/mol. The number of carbonyl (C=O) groups is 1. The summed E-state index contributed by atoms with van der Waals surface area (Å²) in [5.41, 5.74) is 1.53. The maximum Gasteiger partial charge on any atom is 0.273 e. The average molecular weight is 352 g/mol. The molecule has 0 unspecified atom stereocenters. The quantitative estimate of drug-likeness (QED) is 0.785. The third-order valence-electron chi connectivity index (χ3n) is 4.55. The number of benzene rings is 2. The van der Waals surface area contributed by atoms with E-state index in [9.17, 15) is 4.79 Å². The van der Waals surface area contributed by atoms with Crippen molar-refractivity contribution in [2.75, 3.05) is 38.5 Å². The molecule has 0 bridgehead atoms. The molecule has 0 radical (unpaired) electrons. The van der Waals surface area contributed by atoms with Gasteiger partial charge in [-0.3, -0.25) is 4.79 Å². The Bertz CT molecular complexity index is 894. The second-order valence-corrected chi connectivity index (χ2v) is 7.14. The molecule has 2 heterocycles. The number of amides is 1. The third kappa shape index (κ3) is 3.36. The van der Waals surface area contributed by atoms with E-state index in [1.165, 1.54) is 16.7 Å². The molecule has 4 rings (SSSR count). The first kappa shape index (κ1) is 16.1. The lowest BCUT2D eigenvalue weighted by Gasteiger charge is -2.31. The highest BCUT2D eigenvalue weighted by Gasteiger charge is 2.22. The van der Waals surface area contributed by atoms with E-state index in [1.807, 2.05) is 34.5 Å². The number of piperazine rings is 1. The van der Waals surface area contributed by atoms with E-state index < -0.39 is 0 Å². The maximum atomic E-state index is 12.6. The molecule has 0 aliphatic carbocycles. The molecule has 1 aliphatic rings. The number of nitrogens with zero attached hydrogens (tertiary/aromatic N) is 3. The molecule has 0 spiro atoms. The number of aromatic nitrogens is 1. The van der Waals surface area contributed by atoms with Crippen LogP contribution >= 0.6 is 11.3 Å². The number of fused-ring (bicyclic) bond motifs is 1. The Kier molecular flexibility index (Phi) is 4.38. The molecule has 1 saturated heterocycles. The molecule has 0 atom stereocenters. The van der Waals surface area contributed by atoms with Gasteiger partial charge in [0.1, 0.15) is 5.69 Å². The number of hydrogen-bond donors (Lipinski definition) is 1. The van der Waals surface area contributed by atoms with E-state index in [-0.39, 0.29) is 5.91 Å². The SMILES string of the molecule is CN1CCN(C(=O)c2csc(Nc3cccc4ccccc34)n2)CC1. The predicted molar refractivity (Wildman–Crippen MR) is 103 cm³/mol. The minimum absolute atomic E-state index is 0.0234. The molecule has 2 aromatic carbocycles. The van der Waals surface area contributed by atoms with Crippen molar-refractivity contribution < 1.29 is 4.79 Å². The first-order chi connectivity index (χ1) is 12.2. The second-order valence-electron chi connectivity index (χ2n) is 6.29. The molecular weight excluding hydrogens is 332 g/mol. The topological polar surface area (TPSA) is 48.5 Å². The zero-order chi connectivity index (χ0) is 17.2. The highest BCUT2D eigenvalue weighted by atomic mass is 32.1. The highest BCUT2D eigenvalue weighted by Crippen LogP contribution is 2.28. The van der Waals surface area contributed by atoms with Crippen LogP contribution in [0.1, 0.15) is 10.5 Å². The third-order valence-corrected chi connectivity index (χ3v) is 5.30. The van der Waals surface area contributed by atoms with Crippen molar-refractivity contribution in [3.63, 3.8) is 0 Å². The van der Waals surface area contributed by atoms with Gasteiger partial charge in [0.2, 0.25) is 0 Å². The predicted octanol–water partition coefficient (Wildman–Crippen LogP) is 3.43. The van der Waals surface area contributed by atoms with E-state index in [4.69, 9.17) is 0 Å². The van der Waals surface area contributed by atoms with Crippen molar-refractivity contribution in [3.05, 3.63) is 53.5 Å². The molecule has 1 fully saturated rings. The van der Waals surface area contributed by atoms with Crippen LogP contribution in [0.25, 0.3) is 10.8 Å². The summed E-state index contributed by atoms with van der Waals surface area (Å²) in [6.07, 6.45) is 0. The zero-order valence-corrected chi connectivity index (χ0v) is 14.9. The summed E-state index contributed by atoms with van der Waals surface area (Å²) in [5, 5.41) is 8.27. The summed E-state index contributed by atoms with van der Waals surface area (Å²) < 4.78 is 0. The molecule has 1 N–H and O–H groups in total. The lowest BCUT2D eigenvalue weighted by molar-refractivity contribution is 0.0659. The van der Waals surface area contributed by atoms with Crippen LogP contribution in [0.15, 0.2) is 47.8 Å². The van der Waals surface area contributed by atoms with Crippen LogP contribution in [0.2, 0.25) is 0 Å². The smallest absolute Gasteiger partial charge is 0.273 e. The van der Waals surface area contributed by atoms with Gasteiger partial charge in [-0.2, -0.15) is 0 Å². The molecule has 25 heavy (non-hydrogen) atoms. The molecule has 128 valence electrons. The van der Waals surface area contributed by atoms with Crippen LogP contribution < -0.4 is 5.32 Å². The molecule has 1 aliphatic heterocycles. The molecule has 1 amide bonds. The molecule has 3 aromatic rings. The van der Waals surface area contributed by atoms with Crippen LogP contribution in [-0.2, 0) is 0 Å². The van der Waals surface area contributed by atoms with Crippen LogP contribution in [0.4, 0.5) is 10.8 Å². The summed E-state index contributed by atoms with van der Waals surface area (Å²) in [6, 6.07) is 14.4. The lowest BCUT2D eigenvalue weighted by Crippen LogP contribution is -2.47. The Hall–Kier alpha value is -2.44. The van der Waals surface area contributed by atoms with Crippen molar-refractivity contribution in [1.29, 1.82) is 0 Å². The Morgan fingerprint density at radius 2 is 1.84 bits per heavy atom. The van der Waals surface area contributed by atoms with Crippen LogP contribution in [0.3, 0.4) is 0 Å². The minimum Gasteiger partial charge on any atom is -0.335 e. The first-order valence-corrected chi connectivity index (χ1v) is 9.27. The summed E-state index contributed by atoms with van der Waals surface area (Å²) in [6.45, 7) is 3.35. The van der Waals surface area contributed by atoms with E-state index in [0.717, 1.165) is 42.4 Å². The van der Waals surface area contributed by atoms with Gasteiger partial charge < -0.3 is 15.1 Å². The second kappa shape index (κ2) is 6.82. The van der Waals surface area contributed by atoms with Crippen molar-refractivity contribution >= 4 is 38.8 Å². The fraction of sp³-hybridized carbons (Fsp3) is 0.263. The number of nitrogens with one attached hydrogen (secondary N) is 1. The Labute approximate surface area is 150 Å². The minimum atomic E-state index is 0.0234. The van der Waals surface area contributed by atoms with Gasteiger partial charge in [-0.15, -0.1) is 11.3 Å². The standard InChI is InChI=1S/C19H20N4OS/c1-22-9-11-23(12-10-22)18(24)17-13-25-19(21-17)20-16-8-4-6-14-5-2-3-7-15(14)16/h2-8,13H,9-12H2,1H3,(H,20,21). The summed E-state index contributed by atoms with van der Waals surface area (Å²) in [5.74, 6) is 0.0234. The van der Waals surface area contributed by atoms with E-state index in [2.05, 4.69) is 40.4 Å². The lowest BCUT2D eigenvalue weighted by atomic mass is 10.1. The molecule has 6 heteroatoms. The fourth-order valence-electron chi connectivity index (χ4n) is 3.05. The van der Waals surface area contributed by atoms with Crippen molar-refractivity contribution in [3.8, 4) is 0 Å².